The Kier molecular flexibility index (Phi) is 3.45. The van der Waals surface area contributed by atoms with E-state index >= 15 is 0 Å². The molecule has 3 fully saturated rings. The first kappa shape index (κ1) is 13.6. The third kappa shape index (κ3) is 2.28. The molecule has 2 bridgehead atoms. The first-order valence-electron chi connectivity index (χ1n) is 8.68. The number of methoxy groups -OCH3 is 1. The second-order valence-corrected chi connectivity index (χ2v) is 7.29. The molecule has 5 atom stereocenters. The Balaban J connectivity index is 1.48. The molecule has 0 saturated heterocycles. The van der Waals surface area contributed by atoms with Gasteiger partial charge in [0.25, 0.3) is 0 Å². The lowest BCUT2D eigenvalue weighted by Crippen LogP contribution is -2.35. The summed E-state index contributed by atoms with van der Waals surface area (Å²) in [5.41, 5.74) is 1.41. The van der Waals surface area contributed by atoms with Gasteiger partial charge in [0, 0.05) is 6.04 Å². The molecule has 4 rings (SSSR count). The quantitative estimate of drug-likeness (QED) is 0.863. The van der Waals surface area contributed by atoms with Crippen molar-refractivity contribution >= 4 is 0 Å². The van der Waals surface area contributed by atoms with Crippen LogP contribution in [0.1, 0.15) is 31.7 Å². The molecule has 5 unspecified atom stereocenters. The van der Waals surface area contributed by atoms with Gasteiger partial charge in [-0.05, 0) is 79.5 Å². The van der Waals surface area contributed by atoms with Crippen molar-refractivity contribution in [1.29, 1.82) is 0 Å². The molecular formula is C19H27NO. The fraction of sp³-hybridized carbons (Fsp3) is 0.684. The average molecular weight is 285 g/mol. The van der Waals surface area contributed by atoms with E-state index < -0.39 is 0 Å². The highest BCUT2D eigenvalue weighted by molar-refractivity contribution is 5.30. The summed E-state index contributed by atoms with van der Waals surface area (Å²) >= 11 is 0. The summed E-state index contributed by atoms with van der Waals surface area (Å²) in [4.78, 5) is 0. The van der Waals surface area contributed by atoms with Crippen molar-refractivity contribution in [2.45, 2.75) is 38.6 Å². The molecule has 21 heavy (non-hydrogen) atoms. The molecule has 3 saturated carbocycles. The number of ether oxygens (including phenoxy) is 1. The Bertz CT molecular complexity index is 498. The van der Waals surface area contributed by atoms with Crippen molar-refractivity contribution in [3.05, 3.63) is 29.8 Å². The van der Waals surface area contributed by atoms with Crippen molar-refractivity contribution in [2.75, 3.05) is 13.7 Å². The monoisotopic (exact) mass is 285 g/mol. The summed E-state index contributed by atoms with van der Waals surface area (Å²) in [6, 6.07) is 9.28. The van der Waals surface area contributed by atoms with Crippen molar-refractivity contribution in [2.24, 2.45) is 29.6 Å². The van der Waals surface area contributed by atoms with E-state index in [0.717, 1.165) is 48.3 Å². The molecule has 2 heteroatoms. The minimum atomic E-state index is 0.667. The van der Waals surface area contributed by atoms with Gasteiger partial charge >= 0.3 is 0 Å². The average Bonchev–Trinajstić information content (AvgIpc) is 2.94. The molecule has 0 spiro atoms. The fourth-order valence-electron chi connectivity index (χ4n) is 5.59. The van der Waals surface area contributed by atoms with Gasteiger partial charge in [0.1, 0.15) is 5.75 Å². The molecule has 3 aliphatic rings. The Labute approximate surface area is 128 Å². The van der Waals surface area contributed by atoms with Crippen LogP contribution in [0.3, 0.4) is 0 Å². The standard InChI is InChI=1S/C19H27NO/c1-3-20-16(10-12-5-4-6-15(9-12)21-2)19-17-13-7-8-14(11-13)18(17)19/h4-6,9,13-14,16-20H,3,7-8,10-11H2,1-2H3. The molecular weight excluding hydrogens is 258 g/mol. The van der Waals surface area contributed by atoms with E-state index in [0.29, 0.717) is 6.04 Å². The maximum Gasteiger partial charge on any atom is 0.119 e. The third-order valence-corrected chi connectivity index (χ3v) is 6.32. The highest BCUT2D eigenvalue weighted by atomic mass is 16.5. The molecule has 0 radical (unpaired) electrons. The van der Waals surface area contributed by atoms with E-state index in [1.165, 1.54) is 18.4 Å². The Morgan fingerprint density at radius 2 is 2.00 bits per heavy atom. The van der Waals surface area contributed by atoms with E-state index in [4.69, 9.17) is 4.74 Å². The molecule has 0 heterocycles. The van der Waals surface area contributed by atoms with E-state index in [2.05, 4.69) is 30.4 Å². The lowest BCUT2D eigenvalue weighted by atomic mass is 9.93. The van der Waals surface area contributed by atoms with Crippen LogP contribution in [0, 0.1) is 29.6 Å². The van der Waals surface area contributed by atoms with Crippen molar-refractivity contribution in [1.82, 2.24) is 5.32 Å². The van der Waals surface area contributed by atoms with Gasteiger partial charge in [0.15, 0.2) is 0 Å². The highest BCUT2D eigenvalue weighted by Crippen LogP contribution is 2.70. The minimum absolute atomic E-state index is 0.667. The van der Waals surface area contributed by atoms with Crippen LogP contribution in [0.15, 0.2) is 24.3 Å². The SMILES string of the molecule is CCNC(Cc1cccc(OC)c1)C1C2C3CCC(C3)C21. The number of fused-ring (bicyclic) bond motifs is 5. The normalized spacial score (nSPS) is 37.3. The molecule has 1 aromatic carbocycles. The molecule has 0 aromatic heterocycles. The van der Waals surface area contributed by atoms with Gasteiger partial charge in [-0.3, -0.25) is 0 Å². The maximum atomic E-state index is 5.37. The largest absolute Gasteiger partial charge is 0.497 e. The first-order chi connectivity index (χ1) is 10.3. The smallest absolute Gasteiger partial charge is 0.119 e. The first-order valence-corrected chi connectivity index (χ1v) is 8.68. The number of likely N-dealkylation sites (N-methyl/N-ethyl adjacent to an activating group) is 1. The van der Waals surface area contributed by atoms with Gasteiger partial charge in [0.2, 0.25) is 0 Å². The molecule has 0 aliphatic heterocycles. The van der Waals surface area contributed by atoms with Crippen molar-refractivity contribution in [3.63, 3.8) is 0 Å². The van der Waals surface area contributed by atoms with Gasteiger partial charge in [-0.15, -0.1) is 0 Å². The van der Waals surface area contributed by atoms with Crippen LogP contribution in [-0.4, -0.2) is 19.7 Å². The van der Waals surface area contributed by atoms with Crippen LogP contribution in [-0.2, 0) is 6.42 Å². The van der Waals surface area contributed by atoms with Gasteiger partial charge < -0.3 is 10.1 Å². The minimum Gasteiger partial charge on any atom is -0.497 e. The maximum absolute atomic E-state index is 5.37. The number of rotatable bonds is 6. The number of hydrogen-bond acceptors (Lipinski definition) is 2. The van der Waals surface area contributed by atoms with Gasteiger partial charge in [0.05, 0.1) is 7.11 Å². The second kappa shape index (κ2) is 5.31. The third-order valence-electron chi connectivity index (χ3n) is 6.32. The molecule has 2 nitrogen and oxygen atoms in total. The van der Waals surface area contributed by atoms with Crippen LogP contribution < -0.4 is 10.1 Å². The summed E-state index contributed by atoms with van der Waals surface area (Å²) in [5, 5.41) is 3.79. The van der Waals surface area contributed by atoms with E-state index in [9.17, 15) is 0 Å². The molecule has 1 aromatic rings. The van der Waals surface area contributed by atoms with E-state index in [1.54, 1.807) is 13.5 Å². The van der Waals surface area contributed by atoms with Crippen LogP contribution in [0.2, 0.25) is 0 Å². The lowest BCUT2D eigenvalue weighted by molar-refractivity contribution is 0.365. The van der Waals surface area contributed by atoms with Gasteiger partial charge in [-0.2, -0.15) is 0 Å². The topological polar surface area (TPSA) is 21.3 Å². The predicted molar refractivity (Wildman–Crippen MR) is 85.5 cm³/mol. The van der Waals surface area contributed by atoms with Crippen molar-refractivity contribution < 1.29 is 4.74 Å². The predicted octanol–water partition coefficient (Wildman–Crippen LogP) is 3.51. The molecule has 1 N–H and O–H groups in total. The number of hydrogen-bond donors (Lipinski definition) is 1. The summed E-state index contributed by atoms with van der Waals surface area (Å²) in [6.45, 7) is 3.32. The van der Waals surface area contributed by atoms with Crippen molar-refractivity contribution in [3.8, 4) is 5.75 Å². The van der Waals surface area contributed by atoms with Crippen LogP contribution in [0.4, 0.5) is 0 Å². The van der Waals surface area contributed by atoms with Gasteiger partial charge in [-0.25, -0.2) is 0 Å². The Morgan fingerprint density at radius 3 is 2.67 bits per heavy atom. The molecule has 0 amide bonds. The Hall–Kier alpha value is -1.02. The van der Waals surface area contributed by atoms with Crippen LogP contribution in [0.5, 0.6) is 5.75 Å². The van der Waals surface area contributed by atoms with Crippen LogP contribution in [0.25, 0.3) is 0 Å². The fourth-order valence-corrected chi connectivity index (χ4v) is 5.59. The summed E-state index contributed by atoms with van der Waals surface area (Å²) in [6.07, 6.45) is 5.73. The zero-order valence-electron chi connectivity index (χ0n) is 13.2. The van der Waals surface area contributed by atoms with Crippen LogP contribution >= 0.6 is 0 Å². The summed E-state index contributed by atoms with van der Waals surface area (Å²) in [7, 11) is 1.75. The summed E-state index contributed by atoms with van der Waals surface area (Å²) < 4.78 is 5.37. The second-order valence-electron chi connectivity index (χ2n) is 7.29. The van der Waals surface area contributed by atoms with E-state index in [1.807, 2.05) is 6.07 Å². The lowest BCUT2D eigenvalue weighted by Gasteiger charge is -2.22. The zero-order chi connectivity index (χ0) is 14.4. The summed E-state index contributed by atoms with van der Waals surface area (Å²) in [5.74, 6) is 6.17. The number of benzene rings is 1. The Morgan fingerprint density at radius 1 is 1.24 bits per heavy atom. The van der Waals surface area contributed by atoms with E-state index in [-0.39, 0.29) is 0 Å². The number of nitrogens with one attached hydrogen (secondary N) is 1. The highest BCUT2D eigenvalue weighted by Gasteiger charge is 2.66. The zero-order valence-corrected chi connectivity index (χ0v) is 13.2. The van der Waals surface area contributed by atoms with Gasteiger partial charge in [-0.1, -0.05) is 19.1 Å². The molecule has 3 aliphatic carbocycles. The molecule has 114 valence electrons.